The number of carbonyl (C=O) groups is 1. The summed E-state index contributed by atoms with van der Waals surface area (Å²) in [5, 5.41) is 2.86. The predicted molar refractivity (Wildman–Crippen MR) is 85.0 cm³/mol. The SMILES string of the molecule is CC(=O)Nc1cc(C(C)C)c(OCCCCCl)cc1C. The van der Waals surface area contributed by atoms with Gasteiger partial charge in [-0.2, -0.15) is 0 Å². The van der Waals surface area contributed by atoms with Gasteiger partial charge in [0.05, 0.1) is 6.61 Å². The Hall–Kier alpha value is -1.22. The molecule has 1 rings (SSSR count). The standard InChI is InChI=1S/C16H24ClNO2/c1-11(2)14-10-15(18-13(4)19)12(3)9-16(14)20-8-6-5-7-17/h9-11H,5-8H2,1-4H3,(H,18,19). The maximum Gasteiger partial charge on any atom is 0.221 e. The van der Waals surface area contributed by atoms with Crippen LogP contribution in [0, 0.1) is 6.92 Å². The molecule has 1 N–H and O–H groups in total. The van der Waals surface area contributed by atoms with Crippen LogP contribution in [-0.2, 0) is 4.79 Å². The summed E-state index contributed by atoms with van der Waals surface area (Å²) in [6, 6.07) is 4.01. The van der Waals surface area contributed by atoms with Crippen LogP contribution in [-0.4, -0.2) is 18.4 Å². The van der Waals surface area contributed by atoms with Crippen LogP contribution < -0.4 is 10.1 Å². The maximum atomic E-state index is 11.2. The lowest BCUT2D eigenvalue weighted by atomic mass is 9.99. The molecule has 4 heteroatoms. The number of hydrogen-bond donors (Lipinski definition) is 1. The molecular weight excluding hydrogens is 274 g/mol. The number of nitrogens with one attached hydrogen (secondary N) is 1. The molecule has 1 aromatic carbocycles. The molecule has 3 nitrogen and oxygen atoms in total. The number of ether oxygens (including phenoxy) is 1. The Morgan fingerprint density at radius 3 is 2.60 bits per heavy atom. The predicted octanol–water partition coefficient (Wildman–Crippen LogP) is 4.47. The van der Waals surface area contributed by atoms with Gasteiger partial charge < -0.3 is 10.1 Å². The van der Waals surface area contributed by atoms with E-state index in [2.05, 4.69) is 19.2 Å². The zero-order valence-corrected chi connectivity index (χ0v) is 13.5. The van der Waals surface area contributed by atoms with Gasteiger partial charge in [-0.25, -0.2) is 0 Å². The number of amides is 1. The van der Waals surface area contributed by atoms with Gasteiger partial charge in [-0.3, -0.25) is 4.79 Å². The molecule has 0 atom stereocenters. The molecule has 1 aromatic rings. The van der Waals surface area contributed by atoms with E-state index in [1.807, 2.05) is 19.1 Å². The van der Waals surface area contributed by atoms with Gasteiger partial charge in [-0.05, 0) is 48.9 Å². The Morgan fingerprint density at radius 2 is 2.05 bits per heavy atom. The van der Waals surface area contributed by atoms with Crippen molar-refractivity contribution in [2.45, 2.75) is 46.5 Å². The van der Waals surface area contributed by atoms with Crippen LogP contribution in [0.4, 0.5) is 5.69 Å². The molecule has 0 saturated heterocycles. The summed E-state index contributed by atoms with van der Waals surface area (Å²) in [4.78, 5) is 11.2. The minimum atomic E-state index is -0.0569. The zero-order chi connectivity index (χ0) is 15.1. The van der Waals surface area contributed by atoms with Crippen LogP contribution in [0.5, 0.6) is 5.75 Å². The third-order valence-electron chi connectivity index (χ3n) is 3.08. The first-order valence-corrected chi connectivity index (χ1v) is 7.60. The highest BCUT2D eigenvalue weighted by molar-refractivity contribution is 6.17. The van der Waals surface area contributed by atoms with Crippen LogP contribution >= 0.6 is 11.6 Å². The highest BCUT2D eigenvalue weighted by Gasteiger charge is 2.12. The van der Waals surface area contributed by atoms with Crippen molar-refractivity contribution in [2.24, 2.45) is 0 Å². The Labute approximate surface area is 126 Å². The van der Waals surface area contributed by atoms with Crippen molar-refractivity contribution in [2.75, 3.05) is 17.8 Å². The van der Waals surface area contributed by atoms with Gasteiger partial charge in [0, 0.05) is 18.5 Å². The van der Waals surface area contributed by atoms with Crippen molar-refractivity contribution < 1.29 is 9.53 Å². The molecule has 20 heavy (non-hydrogen) atoms. The number of halogens is 1. The van der Waals surface area contributed by atoms with Gasteiger partial charge in [-0.15, -0.1) is 11.6 Å². The van der Waals surface area contributed by atoms with E-state index < -0.39 is 0 Å². The lowest BCUT2D eigenvalue weighted by Crippen LogP contribution is -2.09. The molecule has 0 saturated carbocycles. The summed E-state index contributed by atoms with van der Waals surface area (Å²) in [5.41, 5.74) is 2.98. The fourth-order valence-corrected chi connectivity index (χ4v) is 2.17. The van der Waals surface area contributed by atoms with Crippen molar-refractivity contribution in [1.82, 2.24) is 0 Å². The first-order chi connectivity index (χ1) is 9.45. The number of anilines is 1. The van der Waals surface area contributed by atoms with Crippen LogP contribution in [0.3, 0.4) is 0 Å². The normalized spacial score (nSPS) is 10.7. The Kier molecular flexibility index (Phi) is 6.86. The first kappa shape index (κ1) is 16.8. The molecule has 112 valence electrons. The lowest BCUT2D eigenvalue weighted by molar-refractivity contribution is -0.114. The van der Waals surface area contributed by atoms with E-state index in [-0.39, 0.29) is 5.91 Å². The second kappa shape index (κ2) is 8.15. The van der Waals surface area contributed by atoms with Gasteiger partial charge in [0.25, 0.3) is 0 Å². The summed E-state index contributed by atoms with van der Waals surface area (Å²) in [6.45, 7) is 8.40. The summed E-state index contributed by atoms with van der Waals surface area (Å²) in [5.74, 6) is 1.85. The number of unbranched alkanes of at least 4 members (excludes halogenated alkanes) is 1. The molecule has 0 spiro atoms. The van der Waals surface area contributed by atoms with Gasteiger partial charge in [-0.1, -0.05) is 13.8 Å². The number of rotatable bonds is 7. The average molecular weight is 298 g/mol. The summed E-state index contributed by atoms with van der Waals surface area (Å²) < 4.78 is 5.87. The fraction of sp³-hybridized carbons (Fsp3) is 0.562. The summed E-state index contributed by atoms with van der Waals surface area (Å²) in [6.07, 6.45) is 1.91. The second-order valence-corrected chi connectivity index (χ2v) is 5.66. The molecule has 0 aliphatic rings. The Bertz CT molecular complexity index is 458. The average Bonchev–Trinajstić information content (AvgIpc) is 2.36. The molecule has 0 heterocycles. The number of alkyl halides is 1. The smallest absolute Gasteiger partial charge is 0.221 e. The fourth-order valence-electron chi connectivity index (χ4n) is 1.98. The van der Waals surface area contributed by atoms with Gasteiger partial charge >= 0.3 is 0 Å². The quantitative estimate of drug-likeness (QED) is 0.595. The number of aryl methyl sites for hydroxylation is 1. The minimum Gasteiger partial charge on any atom is -0.493 e. The topological polar surface area (TPSA) is 38.3 Å². The third-order valence-corrected chi connectivity index (χ3v) is 3.34. The zero-order valence-electron chi connectivity index (χ0n) is 12.8. The molecular formula is C16H24ClNO2. The van der Waals surface area contributed by atoms with Crippen LogP contribution in [0.15, 0.2) is 12.1 Å². The number of hydrogen-bond acceptors (Lipinski definition) is 2. The maximum absolute atomic E-state index is 11.2. The van der Waals surface area contributed by atoms with E-state index in [9.17, 15) is 4.79 Å². The third kappa shape index (κ3) is 5.04. The largest absolute Gasteiger partial charge is 0.493 e. The minimum absolute atomic E-state index is 0.0569. The van der Waals surface area contributed by atoms with Crippen LogP contribution in [0.1, 0.15) is 50.7 Å². The first-order valence-electron chi connectivity index (χ1n) is 7.06. The van der Waals surface area contributed by atoms with Gasteiger partial charge in [0.15, 0.2) is 0 Å². The molecule has 0 aromatic heterocycles. The molecule has 0 aliphatic carbocycles. The Morgan fingerprint density at radius 1 is 1.35 bits per heavy atom. The van der Waals surface area contributed by atoms with Crippen molar-refractivity contribution in [3.05, 3.63) is 23.3 Å². The van der Waals surface area contributed by atoms with E-state index in [1.54, 1.807) is 0 Å². The molecule has 0 unspecified atom stereocenters. The monoisotopic (exact) mass is 297 g/mol. The van der Waals surface area contributed by atoms with Crippen molar-refractivity contribution in [1.29, 1.82) is 0 Å². The molecule has 1 amide bonds. The van der Waals surface area contributed by atoms with E-state index in [0.29, 0.717) is 18.4 Å². The van der Waals surface area contributed by atoms with E-state index in [1.165, 1.54) is 6.92 Å². The number of carbonyl (C=O) groups excluding carboxylic acids is 1. The molecule has 0 aliphatic heterocycles. The second-order valence-electron chi connectivity index (χ2n) is 5.29. The number of benzene rings is 1. The van der Waals surface area contributed by atoms with E-state index in [0.717, 1.165) is 35.4 Å². The summed E-state index contributed by atoms with van der Waals surface area (Å²) in [7, 11) is 0. The van der Waals surface area contributed by atoms with Gasteiger partial charge in [0.1, 0.15) is 5.75 Å². The Balaban J connectivity index is 2.92. The highest BCUT2D eigenvalue weighted by Crippen LogP contribution is 2.32. The van der Waals surface area contributed by atoms with Crippen molar-refractivity contribution in [3.63, 3.8) is 0 Å². The lowest BCUT2D eigenvalue weighted by Gasteiger charge is -2.18. The van der Waals surface area contributed by atoms with Crippen molar-refractivity contribution >= 4 is 23.2 Å². The molecule has 0 bridgehead atoms. The van der Waals surface area contributed by atoms with Gasteiger partial charge in [0.2, 0.25) is 5.91 Å². The molecule has 0 radical (unpaired) electrons. The highest BCUT2D eigenvalue weighted by atomic mass is 35.5. The molecule has 0 fully saturated rings. The summed E-state index contributed by atoms with van der Waals surface area (Å²) >= 11 is 5.66. The van der Waals surface area contributed by atoms with E-state index in [4.69, 9.17) is 16.3 Å². The van der Waals surface area contributed by atoms with Crippen molar-refractivity contribution in [3.8, 4) is 5.75 Å². The van der Waals surface area contributed by atoms with Crippen LogP contribution in [0.2, 0.25) is 0 Å². The van der Waals surface area contributed by atoms with Crippen LogP contribution in [0.25, 0.3) is 0 Å². The van der Waals surface area contributed by atoms with E-state index >= 15 is 0 Å².